The minimum atomic E-state index is 0.278. The van der Waals surface area contributed by atoms with Crippen LogP contribution in [0.4, 0.5) is 0 Å². The van der Waals surface area contributed by atoms with Gasteiger partial charge in [0, 0.05) is 22.9 Å². The predicted molar refractivity (Wildman–Crippen MR) is 81.7 cm³/mol. The maximum atomic E-state index is 5.94. The van der Waals surface area contributed by atoms with Gasteiger partial charge in [-0.2, -0.15) is 0 Å². The van der Waals surface area contributed by atoms with E-state index in [-0.39, 0.29) is 5.41 Å². The van der Waals surface area contributed by atoms with Crippen LogP contribution in [0.2, 0.25) is 0 Å². The molecule has 4 nitrogen and oxygen atoms in total. The first kappa shape index (κ1) is 15.3. The Morgan fingerprint density at radius 2 is 1.65 bits per heavy atom. The number of methoxy groups -OCH3 is 3. The van der Waals surface area contributed by atoms with Crippen LogP contribution in [-0.2, 0) is 0 Å². The second kappa shape index (κ2) is 6.57. The Morgan fingerprint density at radius 3 is 2.00 bits per heavy atom. The molecule has 1 aromatic carbocycles. The van der Waals surface area contributed by atoms with E-state index in [4.69, 9.17) is 18.9 Å². The Morgan fingerprint density at radius 1 is 1.05 bits per heavy atom. The zero-order chi connectivity index (χ0) is 14.6. The monoisotopic (exact) mass is 344 g/mol. The Hall–Kier alpha value is -1.10. The summed E-state index contributed by atoms with van der Waals surface area (Å²) in [6.07, 6.45) is 3.70. The fraction of sp³-hybridized carbons (Fsp3) is 0.600. The second-order valence-corrected chi connectivity index (χ2v) is 5.70. The molecule has 0 aromatic heterocycles. The number of benzene rings is 1. The van der Waals surface area contributed by atoms with Crippen LogP contribution < -0.4 is 18.9 Å². The largest absolute Gasteiger partial charge is 0.493 e. The molecule has 20 heavy (non-hydrogen) atoms. The van der Waals surface area contributed by atoms with Crippen molar-refractivity contribution in [3.8, 4) is 23.0 Å². The van der Waals surface area contributed by atoms with Gasteiger partial charge in [0.25, 0.3) is 0 Å². The van der Waals surface area contributed by atoms with Crippen molar-refractivity contribution in [1.82, 2.24) is 0 Å². The van der Waals surface area contributed by atoms with Gasteiger partial charge in [-0.15, -0.1) is 0 Å². The molecule has 0 N–H and O–H groups in total. The lowest BCUT2D eigenvalue weighted by Gasteiger charge is -2.40. The lowest BCUT2D eigenvalue weighted by Crippen LogP contribution is -2.37. The molecule has 1 aliphatic carbocycles. The van der Waals surface area contributed by atoms with E-state index >= 15 is 0 Å². The Balaban J connectivity index is 2.15. The van der Waals surface area contributed by atoms with Crippen LogP contribution in [-0.4, -0.2) is 33.3 Å². The molecule has 5 heteroatoms. The first-order chi connectivity index (χ1) is 9.68. The van der Waals surface area contributed by atoms with Gasteiger partial charge >= 0.3 is 0 Å². The molecule has 0 bridgehead atoms. The van der Waals surface area contributed by atoms with Gasteiger partial charge in [-0.25, -0.2) is 0 Å². The van der Waals surface area contributed by atoms with Crippen LogP contribution in [0.15, 0.2) is 12.1 Å². The van der Waals surface area contributed by atoms with Crippen LogP contribution in [0.25, 0.3) is 0 Å². The lowest BCUT2D eigenvalue weighted by molar-refractivity contribution is 0.0834. The maximum Gasteiger partial charge on any atom is 0.203 e. The van der Waals surface area contributed by atoms with Crippen molar-refractivity contribution >= 4 is 15.9 Å². The standard InChI is InChI=1S/C15H21BrO4/c1-17-12-7-11(8-13(18-2)14(12)19-3)20-10-15(9-16)5-4-6-15/h7-8H,4-6,9-10H2,1-3H3. The number of halogens is 1. The first-order valence-electron chi connectivity index (χ1n) is 6.67. The van der Waals surface area contributed by atoms with E-state index in [1.165, 1.54) is 19.3 Å². The number of ether oxygens (including phenoxy) is 4. The molecule has 0 aliphatic heterocycles. The fourth-order valence-corrected chi connectivity index (χ4v) is 3.09. The Labute approximate surface area is 128 Å². The first-order valence-corrected chi connectivity index (χ1v) is 7.79. The van der Waals surface area contributed by atoms with Gasteiger partial charge in [0.2, 0.25) is 5.75 Å². The second-order valence-electron chi connectivity index (χ2n) is 5.14. The summed E-state index contributed by atoms with van der Waals surface area (Å²) in [6, 6.07) is 3.67. The zero-order valence-corrected chi connectivity index (χ0v) is 13.8. The van der Waals surface area contributed by atoms with Crippen LogP contribution in [0.3, 0.4) is 0 Å². The lowest BCUT2D eigenvalue weighted by atomic mass is 9.71. The number of hydrogen-bond acceptors (Lipinski definition) is 4. The molecule has 0 amide bonds. The number of alkyl halides is 1. The number of hydrogen-bond donors (Lipinski definition) is 0. The van der Waals surface area contributed by atoms with Crippen LogP contribution in [0.5, 0.6) is 23.0 Å². The van der Waals surface area contributed by atoms with Gasteiger partial charge in [-0.05, 0) is 12.8 Å². The van der Waals surface area contributed by atoms with E-state index in [1.807, 2.05) is 12.1 Å². The Bertz CT molecular complexity index is 427. The van der Waals surface area contributed by atoms with Crippen molar-refractivity contribution < 1.29 is 18.9 Å². The smallest absolute Gasteiger partial charge is 0.203 e. The normalized spacial score (nSPS) is 16.2. The van der Waals surface area contributed by atoms with Crippen molar-refractivity contribution in [3.63, 3.8) is 0 Å². The van der Waals surface area contributed by atoms with E-state index in [0.29, 0.717) is 23.9 Å². The average molecular weight is 345 g/mol. The minimum absolute atomic E-state index is 0.278. The topological polar surface area (TPSA) is 36.9 Å². The van der Waals surface area contributed by atoms with Gasteiger partial charge in [-0.1, -0.05) is 22.4 Å². The van der Waals surface area contributed by atoms with E-state index in [9.17, 15) is 0 Å². The average Bonchev–Trinajstić information content (AvgIpc) is 2.45. The molecule has 112 valence electrons. The summed E-state index contributed by atoms with van der Waals surface area (Å²) in [7, 11) is 4.80. The highest BCUT2D eigenvalue weighted by Crippen LogP contribution is 2.44. The van der Waals surface area contributed by atoms with E-state index in [0.717, 1.165) is 11.1 Å². The molecular weight excluding hydrogens is 324 g/mol. The summed E-state index contributed by atoms with van der Waals surface area (Å²) >= 11 is 3.59. The van der Waals surface area contributed by atoms with Gasteiger partial charge in [0.1, 0.15) is 5.75 Å². The van der Waals surface area contributed by atoms with E-state index in [1.54, 1.807) is 21.3 Å². The fourth-order valence-electron chi connectivity index (χ4n) is 2.37. The molecule has 0 saturated heterocycles. The molecule has 1 fully saturated rings. The van der Waals surface area contributed by atoms with Crippen molar-refractivity contribution in [2.75, 3.05) is 33.3 Å². The molecule has 2 rings (SSSR count). The van der Waals surface area contributed by atoms with Gasteiger partial charge < -0.3 is 18.9 Å². The molecule has 1 saturated carbocycles. The molecule has 0 heterocycles. The highest BCUT2D eigenvalue weighted by Gasteiger charge is 2.36. The van der Waals surface area contributed by atoms with E-state index < -0.39 is 0 Å². The van der Waals surface area contributed by atoms with Crippen molar-refractivity contribution in [2.24, 2.45) is 5.41 Å². The number of rotatable bonds is 7. The molecule has 0 spiro atoms. The molecule has 0 unspecified atom stereocenters. The van der Waals surface area contributed by atoms with Gasteiger partial charge in [-0.3, -0.25) is 0 Å². The quantitative estimate of drug-likeness (QED) is 0.707. The van der Waals surface area contributed by atoms with Crippen molar-refractivity contribution in [2.45, 2.75) is 19.3 Å². The van der Waals surface area contributed by atoms with E-state index in [2.05, 4.69) is 15.9 Å². The summed E-state index contributed by atoms with van der Waals surface area (Å²) in [6.45, 7) is 0.705. The third-order valence-electron chi connectivity index (χ3n) is 3.88. The summed E-state index contributed by atoms with van der Waals surface area (Å²) in [5.74, 6) is 2.56. The van der Waals surface area contributed by atoms with Crippen molar-refractivity contribution in [3.05, 3.63) is 12.1 Å². The predicted octanol–water partition coefficient (Wildman–Crippen LogP) is 3.66. The minimum Gasteiger partial charge on any atom is -0.493 e. The molecule has 0 atom stereocenters. The summed E-state index contributed by atoms with van der Waals surface area (Å²) in [5.41, 5.74) is 0.278. The van der Waals surface area contributed by atoms with Gasteiger partial charge in [0.05, 0.1) is 27.9 Å². The molecular formula is C15H21BrO4. The summed E-state index contributed by atoms with van der Waals surface area (Å²) in [5, 5.41) is 0.977. The van der Waals surface area contributed by atoms with Crippen LogP contribution >= 0.6 is 15.9 Å². The third-order valence-corrected chi connectivity index (χ3v) is 5.07. The van der Waals surface area contributed by atoms with Crippen molar-refractivity contribution in [1.29, 1.82) is 0 Å². The Kier molecular flexibility index (Phi) is 5.02. The third kappa shape index (κ3) is 2.97. The summed E-state index contributed by atoms with van der Waals surface area (Å²) < 4.78 is 21.9. The van der Waals surface area contributed by atoms with Gasteiger partial charge in [0.15, 0.2) is 11.5 Å². The SMILES string of the molecule is COc1cc(OCC2(CBr)CCC2)cc(OC)c1OC. The zero-order valence-electron chi connectivity index (χ0n) is 12.2. The van der Waals surface area contributed by atoms with Crippen LogP contribution in [0.1, 0.15) is 19.3 Å². The highest BCUT2D eigenvalue weighted by atomic mass is 79.9. The van der Waals surface area contributed by atoms with Crippen LogP contribution in [0, 0.1) is 5.41 Å². The molecule has 1 aliphatic rings. The molecule has 0 radical (unpaired) electrons. The summed E-state index contributed by atoms with van der Waals surface area (Å²) in [4.78, 5) is 0. The highest BCUT2D eigenvalue weighted by molar-refractivity contribution is 9.09. The molecule has 1 aromatic rings. The maximum absolute atomic E-state index is 5.94.